The Balaban J connectivity index is 0.827. The maximum atomic E-state index is 14.3. The molecule has 0 spiro atoms. The summed E-state index contributed by atoms with van der Waals surface area (Å²) >= 11 is 2.43. The van der Waals surface area contributed by atoms with Crippen LogP contribution in [0.5, 0.6) is 28.7 Å². The zero-order valence-electron chi connectivity index (χ0n) is 44.8. The van der Waals surface area contributed by atoms with E-state index in [1.54, 1.807) is 72.8 Å². The minimum Gasteiger partial charge on any atom is -0.490 e. The van der Waals surface area contributed by atoms with Crippen LogP contribution in [-0.2, 0) is 58.9 Å². The van der Waals surface area contributed by atoms with Crippen molar-refractivity contribution in [2.45, 2.75) is 73.7 Å². The largest absolute Gasteiger partial charge is 0.490 e. The number of esters is 7. The summed E-state index contributed by atoms with van der Waals surface area (Å²) in [6.07, 6.45) is 5.34. The average molecular weight is 1170 g/mol. The van der Waals surface area contributed by atoms with Crippen molar-refractivity contribution in [2.75, 3.05) is 26.6 Å². The van der Waals surface area contributed by atoms with E-state index in [9.17, 15) is 43.2 Å². The number of rotatable bonds is 22. The standard InChI is InChI=1S/C63H56O18S2/c1-4-50(64)75-34-44(78-52(66)6-3)33-74-40-23-27-42(28-24-40)79-61(71)38-19-21-39(22-20-38)62(72)81-56-48-14-10-7-11-45(48)49(57-58(56)83-63(82-57)53-54(67)46-12-8-9-13-47(46)55(53)68)31-32-73-59(69)36-15-17-37(18-16-36)60(70)80-43-29-25-41(26-30-43)76-35-77-51(65)5-2/h4-14,23-30,36-39,44H,1-3,15-22,31-35H2. The summed E-state index contributed by atoms with van der Waals surface area (Å²) in [4.78, 5) is 118. The molecular weight excluding hydrogens is 1110 g/mol. The molecule has 1 atom stereocenters. The normalized spacial score (nSPS) is 18.3. The number of carbonyl (C=O) groups is 9. The van der Waals surface area contributed by atoms with Gasteiger partial charge in [-0.3, -0.25) is 28.8 Å². The first-order valence-corrected chi connectivity index (χ1v) is 28.4. The highest BCUT2D eigenvalue weighted by Gasteiger charge is 2.41. The van der Waals surface area contributed by atoms with Gasteiger partial charge in [0.1, 0.15) is 36.2 Å². The highest BCUT2D eigenvalue weighted by molar-refractivity contribution is 8.25. The van der Waals surface area contributed by atoms with E-state index >= 15 is 0 Å². The molecule has 83 heavy (non-hydrogen) atoms. The van der Waals surface area contributed by atoms with Crippen LogP contribution in [0.4, 0.5) is 0 Å². The van der Waals surface area contributed by atoms with E-state index in [0.29, 0.717) is 99.2 Å². The van der Waals surface area contributed by atoms with Crippen molar-refractivity contribution in [3.8, 4) is 28.7 Å². The first kappa shape index (κ1) is 58.9. The molecule has 5 aromatic rings. The van der Waals surface area contributed by atoms with Gasteiger partial charge in [-0.15, -0.1) is 0 Å². The molecule has 0 saturated heterocycles. The lowest BCUT2D eigenvalue weighted by molar-refractivity contribution is -0.154. The summed E-state index contributed by atoms with van der Waals surface area (Å²) in [6.45, 7) is 9.30. The Morgan fingerprint density at radius 1 is 0.494 bits per heavy atom. The van der Waals surface area contributed by atoms with E-state index in [1.165, 1.54) is 23.5 Å². The zero-order valence-corrected chi connectivity index (χ0v) is 46.5. The van der Waals surface area contributed by atoms with Crippen molar-refractivity contribution in [1.29, 1.82) is 0 Å². The Morgan fingerprint density at radius 2 is 0.952 bits per heavy atom. The van der Waals surface area contributed by atoms with Crippen molar-refractivity contribution < 1.29 is 85.8 Å². The van der Waals surface area contributed by atoms with Crippen LogP contribution in [0, 0.1) is 23.7 Å². The van der Waals surface area contributed by atoms with E-state index in [4.69, 9.17) is 42.6 Å². The molecule has 20 heteroatoms. The molecule has 5 aromatic carbocycles. The van der Waals surface area contributed by atoms with Gasteiger partial charge in [-0.2, -0.15) is 0 Å². The van der Waals surface area contributed by atoms with Crippen LogP contribution in [0.25, 0.3) is 10.8 Å². The Kier molecular flexibility index (Phi) is 19.4. The molecule has 0 aromatic heterocycles. The number of allylic oxidation sites excluding steroid dienone is 1. The maximum absolute atomic E-state index is 14.3. The van der Waals surface area contributed by atoms with Gasteiger partial charge in [0, 0.05) is 46.1 Å². The third-order valence-corrected chi connectivity index (χ3v) is 17.0. The molecule has 0 radical (unpaired) electrons. The van der Waals surface area contributed by atoms with Crippen LogP contribution in [0.15, 0.2) is 155 Å². The van der Waals surface area contributed by atoms with Crippen molar-refractivity contribution in [2.24, 2.45) is 23.7 Å². The van der Waals surface area contributed by atoms with E-state index in [-0.39, 0.29) is 50.1 Å². The number of fused-ring (bicyclic) bond motifs is 3. The first-order chi connectivity index (χ1) is 40.2. The second-order valence-electron chi connectivity index (χ2n) is 19.6. The second-order valence-corrected chi connectivity index (χ2v) is 21.9. The van der Waals surface area contributed by atoms with Gasteiger partial charge in [0.25, 0.3) is 0 Å². The topological polar surface area (TPSA) is 237 Å². The van der Waals surface area contributed by atoms with Crippen molar-refractivity contribution >= 4 is 87.6 Å². The Morgan fingerprint density at radius 3 is 1.49 bits per heavy atom. The molecule has 0 N–H and O–H groups in total. The third-order valence-electron chi connectivity index (χ3n) is 14.4. The molecule has 428 valence electrons. The molecular formula is C63H56O18S2. The number of benzene rings is 5. The second kappa shape index (κ2) is 27.3. The number of hydrogen-bond acceptors (Lipinski definition) is 20. The minimum absolute atomic E-state index is 0.00638. The monoisotopic (exact) mass is 1160 g/mol. The van der Waals surface area contributed by atoms with E-state index in [1.807, 2.05) is 24.3 Å². The van der Waals surface area contributed by atoms with Gasteiger partial charge in [0.05, 0.1) is 45.0 Å². The lowest BCUT2D eigenvalue weighted by Crippen LogP contribution is -2.30. The Bertz CT molecular complexity index is 3380. The quantitative estimate of drug-likeness (QED) is 0.0156. The molecule has 1 aliphatic heterocycles. The average Bonchev–Trinajstić information content (AvgIpc) is 4.16. The van der Waals surface area contributed by atoms with Crippen LogP contribution < -0.4 is 23.7 Å². The predicted octanol–water partition coefficient (Wildman–Crippen LogP) is 10.4. The number of Topliss-reactive ketones (excluding diaryl/α,β-unsaturated/α-hetero) is 2. The molecule has 1 heterocycles. The van der Waals surface area contributed by atoms with Crippen molar-refractivity contribution in [1.82, 2.24) is 0 Å². The summed E-state index contributed by atoms with van der Waals surface area (Å²) in [7, 11) is 0. The fourth-order valence-electron chi connectivity index (χ4n) is 9.98. The number of thioether (sulfide) groups is 2. The van der Waals surface area contributed by atoms with Crippen molar-refractivity contribution in [3.63, 3.8) is 0 Å². The van der Waals surface area contributed by atoms with E-state index in [2.05, 4.69) is 19.7 Å². The van der Waals surface area contributed by atoms with Crippen LogP contribution in [0.2, 0.25) is 0 Å². The summed E-state index contributed by atoms with van der Waals surface area (Å²) in [5.41, 5.74) is 1.42. The molecule has 9 rings (SSSR count). The van der Waals surface area contributed by atoms with Gasteiger partial charge in [0.15, 0.2) is 23.4 Å². The summed E-state index contributed by atoms with van der Waals surface area (Å²) in [6, 6.07) is 26.5. The van der Waals surface area contributed by atoms with Gasteiger partial charge < -0.3 is 42.6 Å². The van der Waals surface area contributed by atoms with Crippen molar-refractivity contribution in [3.05, 3.63) is 162 Å². The van der Waals surface area contributed by atoms with Crippen LogP contribution in [0.3, 0.4) is 0 Å². The SMILES string of the molecule is C=CC(=O)OCOc1ccc(OC(=O)C2CCC(C(=O)OCCc3c4c(c(OC(=O)C5CCC(C(=O)Oc6ccc(OCC(COC(=O)C=C)OC(=O)C=C)cc6)CC5)c5ccccc35)SC(=C3C(=O)c5ccccc5C3=O)S4)CC2)cc1. The van der Waals surface area contributed by atoms with E-state index < -0.39 is 83.1 Å². The fraction of sp³-hybridized carbons (Fsp3) is 0.286. The molecule has 2 saturated carbocycles. The number of ketones is 2. The number of hydrogen-bond donors (Lipinski definition) is 0. The highest BCUT2D eigenvalue weighted by atomic mass is 32.2. The summed E-state index contributed by atoms with van der Waals surface area (Å²) in [5.74, 6) is -4.93. The van der Waals surface area contributed by atoms with Gasteiger partial charge in [0.2, 0.25) is 6.79 Å². The maximum Gasteiger partial charge on any atom is 0.333 e. The van der Waals surface area contributed by atoms with Gasteiger partial charge >= 0.3 is 41.8 Å². The molecule has 0 amide bonds. The van der Waals surface area contributed by atoms with Gasteiger partial charge in [-0.05, 0) is 111 Å². The number of ether oxygens (including phenoxy) is 9. The Hall–Kier alpha value is -8.75. The molecule has 2 fully saturated rings. The smallest absolute Gasteiger partial charge is 0.333 e. The molecule has 4 aliphatic rings. The predicted molar refractivity (Wildman–Crippen MR) is 302 cm³/mol. The first-order valence-electron chi connectivity index (χ1n) is 26.8. The van der Waals surface area contributed by atoms with Gasteiger partial charge in [-0.1, -0.05) is 91.8 Å². The fourth-order valence-corrected chi connectivity index (χ4v) is 12.8. The van der Waals surface area contributed by atoms with E-state index in [0.717, 1.165) is 29.2 Å². The van der Waals surface area contributed by atoms with Gasteiger partial charge in [-0.25, -0.2) is 14.4 Å². The van der Waals surface area contributed by atoms with Crippen LogP contribution in [0.1, 0.15) is 77.6 Å². The molecule has 0 bridgehead atoms. The van der Waals surface area contributed by atoms with Crippen LogP contribution in [-0.4, -0.2) is 86.1 Å². The minimum atomic E-state index is -0.936. The molecule has 18 nitrogen and oxygen atoms in total. The third kappa shape index (κ3) is 14.3. The molecule has 1 unspecified atom stereocenters. The lowest BCUT2D eigenvalue weighted by Gasteiger charge is -2.26. The zero-order chi connectivity index (χ0) is 58.6. The Labute approximate surface area is 485 Å². The lowest BCUT2D eigenvalue weighted by atomic mass is 9.82. The highest BCUT2D eigenvalue weighted by Crippen LogP contribution is 2.60. The summed E-state index contributed by atoms with van der Waals surface area (Å²) in [5, 5.41) is 1.33. The summed E-state index contributed by atoms with van der Waals surface area (Å²) < 4.78 is 50.2. The number of carbonyl (C=O) groups excluding carboxylic acids is 9. The molecule has 3 aliphatic carbocycles. The van der Waals surface area contributed by atoms with Crippen LogP contribution >= 0.6 is 23.5 Å².